The van der Waals surface area contributed by atoms with Crippen LogP contribution in [-0.4, -0.2) is 37.0 Å². The molecule has 3 rings (SSSR count). The molecule has 1 fully saturated rings. The number of hydrogen-bond acceptors (Lipinski definition) is 4. The van der Waals surface area contributed by atoms with E-state index >= 15 is 0 Å². The predicted molar refractivity (Wildman–Crippen MR) is 84.7 cm³/mol. The summed E-state index contributed by atoms with van der Waals surface area (Å²) in [4.78, 5) is 4.44. The maximum Gasteiger partial charge on any atom is 0.124 e. The van der Waals surface area contributed by atoms with Crippen LogP contribution in [0.5, 0.6) is 0 Å². The molecule has 0 spiro atoms. The van der Waals surface area contributed by atoms with Crippen molar-refractivity contribution in [2.75, 3.05) is 25.1 Å². The first kappa shape index (κ1) is 15.2. The number of aromatic nitrogens is 1. The van der Waals surface area contributed by atoms with Crippen LogP contribution in [0.15, 0.2) is 24.3 Å². The minimum absolute atomic E-state index is 0.119. The van der Waals surface area contributed by atoms with Crippen LogP contribution in [0.25, 0.3) is 10.9 Å². The number of benzene rings is 1. The quantitative estimate of drug-likeness (QED) is 0.920. The van der Waals surface area contributed by atoms with Crippen molar-refractivity contribution in [3.63, 3.8) is 0 Å². The third-order valence-corrected chi connectivity index (χ3v) is 3.77. The van der Waals surface area contributed by atoms with E-state index in [0.29, 0.717) is 13.2 Å². The van der Waals surface area contributed by atoms with Crippen LogP contribution in [0.4, 0.5) is 10.1 Å². The van der Waals surface area contributed by atoms with Crippen molar-refractivity contribution < 1.29 is 13.9 Å². The number of anilines is 1. The molecular formula is C17H21FN2O2. The molecule has 1 aromatic heterocycles. The summed E-state index contributed by atoms with van der Waals surface area (Å²) >= 11 is 0. The molecule has 2 heterocycles. The Morgan fingerprint density at radius 2 is 2.32 bits per heavy atom. The van der Waals surface area contributed by atoms with Gasteiger partial charge in [0.15, 0.2) is 0 Å². The highest BCUT2D eigenvalue weighted by Crippen LogP contribution is 2.25. The topological polar surface area (TPSA) is 43.4 Å². The average Bonchev–Trinajstić information content (AvgIpc) is 2.99. The Hall–Kier alpha value is -1.72. The fraction of sp³-hybridized carbons (Fsp3) is 0.471. The molecule has 2 atom stereocenters. The Balaban J connectivity index is 1.73. The van der Waals surface area contributed by atoms with E-state index in [1.807, 2.05) is 13.0 Å². The summed E-state index contributed by atoms with van der Waals surface area (Å²) in [6, 6.07) is 6.72. The number of nitrogens with zero attached hydrogens (tertiary/aromatic N) is 1. The standard InChI is InChI=1S/C17H21FN2O2/c1-11-7-17(15-8-13(18)3-4-16(15)19-11)20-12(2)9-22-14-5-6-21-10-14/h3-4,7-8,12,14H,5-6,9-10H2,1-2H3,(H,19,20). The number of nitrogens with one attached hydrogen (secondary N) is 1. The van der Waals surface area contributed by atoms with Gasteiger partial charge in [0.1, 0.15) is 5.82 Å². The highest BCUT2D eigenvalue weighted by atomic mass is 19.1. The number of halogens is 1. The van der Waals surface area contributed by atoms with E-state index in [1.54, 1.807) is 6.07 Å². The van der Waals surface area contributed by atoms with E-state index < -0.39 is 0 Å². The normalized spacial score (nSPS) is 19.5. The predicted octanol–water partition coefficient (Wildman–Crippen LogP) is 3.29. The highest BCUT2D eigenvalue weighted by Gasteiger charge is 2.17. The summed E-state index contributed by atoms with van der Waals surface area (Å²) < 4.78 is 24.6. The number of fused-ring (bicyclic) bond motifs is 1. The van der Waals surface area contributed by atoms with E-state index in [0.717, 1.165) is 35.3 Å². The number of ether oxygens (including phenoxy) is 2. The molecule has 0 bridgehead atoms. The first-order chi connectivity index (χ1) is 10.6. The molecule has 1 N–H and O–H groups in total. The van der Waals surface area contributed by atoms with Gasteiger partial charge >= 0.3 is 0 Å². The van der Waals surface area contributed by atoms with E-state index in [9.17, 15) is 4.39 Å². The largest absolute Gasteiger partial charge is 0.380 e. The summed E-state index contributed by atoms with van der Waals surface area (Å²) in [7, 11) is 0. The second-order valence-corrected chi connectivity index (χ2v) is 5.84. The monoisotopic (exact) mass is 304 g/mol. The zero-order valence-corrected chi connectivity index (χ0v) is 12.9. The molecule has 0 radical (unpaired) electrons. The Morgan fingerprint density at radius 3 is 3.09 bits per heavy atom. The average molecular weight is 304 g/mol. The Labute approximate surface area is 129 Å². The van der Waals surface area contributed by atoms with Crippen molar-refractivity contribution in [2.24, 2.45) is 0 Å². The molecule has 22 heavy (non-hydrogen) atoms. The van der Waals surface area contributed by atoms with Crippen molar-refractivity contribution in [2.45, 2.75) is 32.4 Å². The lowest BCUT2D eigenvalue weighted by Crippen LogP contribution is -2.26. The van der Waals surface area contributed by atoms with Gasteiger partial charge < -0.3 is 14.8 Å². The molecule has 0 amide bonds. The molecule has 1 aliphatic rings. The second-order valence-electron chi connectivity index (χ2n) is 5.84. The van der Waals surface area contributed by atoms with Gasteiger partial charge in [-0.3, -0.25) is 4.98 Å². The van der Waals surface area contributed by atoms with Crippen LogP contribution in [0.2, 0.25) is 0 Å². The molecule has 118 valence electrons. The zero-order chi connectivity index (χ0) is 15.5. The number of hydrogen-bond donors (Lipinski definition) is 1. The number of pyridine rings is 1. The summed E-state index contributed by atoms with van der Waals surface area (Å²) in [6.45, 7) is 6.03. The van der Waals surface area contributed by atoms with Crippen molar-refractivity contribution in [3.05, 3.63) is 35.8 Å². The lowest BCUT2D eigenvalue weighted by atomic mass is 10.1. The smallest absolute Gasteiger partial charge is 0.124 e. The van der Waals surface area contributed by atoms with Gasteiger partial charge in [0.05, 0.1) is 24.8 Å². The molecule has 2 unspecified atom stereocenters. The molecule has 4 nitrogen and oxygen atoms in total. The van der Waals surface area contributed by atoms with E-state index in [-0.39, 0.29) is 18.0 Å². The van der Waals surface area contributed by atoms with Gasteiger partial charge in [-0.25, -0.2) is 4.39 Å². The van der Waals surface area contributed by atoms with Gasteiger partial charge in [-0.05, 0) is 44.5 Å². The van der Waals surface area contributed by atoms with Gasteiger partial charge in [-0.2, -0.15) is 0 Å². The fourth-order valence-corrected chi connectivity index (χ4v) is 2.68. The van der Waals surface area contributed by atoms with Gasteiger partial charge in [0.25, 0.3) is 0 Å². The first-order valence-electron chi connectivity index (χ1n) is 7.64. The van der Waals surface area contributed by atoms with Crippen LogP contribution in [0.1, 0.15) is 19.0 Å². The van der Waals surface area contributed by atoms with E-state index in [1.165, 1.54) is 12.1 Å². The Bertz CT molecular complexity index is 656. The summed E-state index contributed by atoms with van der Waals surface area (Å²) in [5.74, 6) is -0.256. The minimum Gasteiger partial charge on any atom is -0.380 e. The summed E-state index contributed by atoms with van der Waals surface area (Å²) in [5.41, 5.74) is 2.58. The Kier molecular flexibility index (Phi) is 4.55. The zero-order valence-electron chi connectivity index (χ0n) is 12.9. The molecular weight excluding hydrogens is 283 g/mol. The first-order valence-corrected chi connectivity index (χ1v) is 7.64. The second kappa shape index (κ2) is 6.58. The van der Waals surface area contributed by atoms with Crippen LogP contribution in [0, 0.1) is 12.7 Å². The SMILES string of the molecule is Cc1cc(NC(C)COC2CCOC2)c2cc(F)ccc2n1. The number of rotatable bonds is 5. The van der Waals surface area contributed by atoms with Crippen LogP contribution in [0.3, 0.4) is 0 Å². The summed E-state index contributed by atoms with van der Waals surface area (Å²) in [5, 5.41) is 4.20. The minimum atomic E-state index is -0.256. The molecule has 0 aliphatic carbocycles. The van der Waals surface area contributed by atoms with Crippen LogP contribution in [-0.2, 0) is 9.47 Å². The van der Waals surface area contributed by atoms with Crippen molar-refractivity contribution >= 4 is 16.6 Å². The van der Waals surface area contributed by atoms with Crippen LogP contribution < -0.4 is 5.32 Å². The molecule has 1 aromatic carbocycles. The molecule has 5 heteroatoms. The van der Waals surface area contributed by atoms with Gasteiger partial charge in [-0.15, -0.1) is 0 Å². The van der Waals surface area contributed by atoms with Crippen LogP contribution >= 0.6 is 0 Å². The fourth-order valence-electron chi connectivity index (χ4n) is 2.68. The van der Waals surface area contributed by atoms with Gasteiger partial charge in [-0.1, -0.05) is 0 Å². The summed E-state index contributed by atoms with van der Waals surface area (Å²) in [6.07, 6.45) is 1.15. The highest BCUT2D eigenvalue weighted by molar-refractivity contribution is 5.91. The maximum atomic E-state index is 13.5. The van der Waals surface area contributed by atoms with Gasteiger partial charge in [0.2, 0.25) is 0 Å². The van der Waals surface area contributed by atoms with Crippen molar-refractivity contribution in [1.29, 1.82) is 0 Å². The Morgan fingerprint density at radius 1 is 1.45 bits per heavy atom. The molecule has 0 saturated carbocycles. The maximum absolute atomic E-state index is 13.5. The lowest BCUT2D eigenvalue weighted by molar-refractivity contribution is 0.0395. The third-order valence-electron chi connectivity index (χ3n) is 3.77. The van der Waals surface area contributed by atoms with E-state index in [4.69, 9.17) is 9.47 Å². The molecule has 1 aliphatic heterocycles. The number of aryl methyl sites for hydroxylation is 1. The third kappa shape index (κ3) is 3.54. The van der Waals surface area contributed by atoms with Crippen molar-refractivity contribution in [3.8, 4) is 0 Å². The molecule has 1 saturated heterocycles. The van der Waals surface area contributed by atoms with Gasteiger partial charge in [0, 0.05) is 29.4 Å². The van der Waals surface area contributed by atoms with E-state index in [2.05, 4.69) is 17.2 Å². The lowest BCUT2D eigenvalue weighted by Gasteiger charge is -2.19. The van der Waals surface area contributed by atoms with Crippen molar-refractivity contribution in [1.82, 2.24) is 4.98 Å². The molecule has 2 aromatic rings.